The molecule has 1 nitrogen and oxygen atoms in total. The van der Waals surface area contributed by atoms with Crippen LogP contribution in [0.5, 0.6) is 0 Å². The number of nitrogens with one attached hydrogen (secondary N) is 1. The average molecular weight is 153 g/mol. The first-order valence-electron chi connectivity index (χ1n) is 4.95. The predicted octanol–water partition coefficient (Wildman–Crippen LogP) is 2.17. The maximum absolute atomic E-state index is 3.75. The highest BCUT2D eigenvalue weighted by Crippen LogP contribution is 2.63. The van der Waals surface area contributed by atoms with Crippen LogP contribution in [0, 0.1) is 11.8 Å². The third-order valence-corrected chi connectivity index (χ3v) is 3.65. The molecule has 0 radical (unpaired) electrons. The first-order valence-corrected chi connectivity index (χ1v) is 4.95. The van der Waals surface area contributed by atoms with Crippen LogP contribution >= 0.6 is 0 Å². The van der Waals surface area contributed by atoms with Crippen molar-refractivity contribution in [3.63, 3.8) is 0 Å². The zero-order chi connectivity index (χ0) is 8.06. The minimum Gasteiger partial charge on any atom is -0.308 e. The van der Waals surface area contributed by atoms with Gasteiger partial charge in [-0.05, 0) is 38.0 Å². The number of hydrogen-bond donors (Lipinski definition) is 1. The lowest BCUT2D eigenvalue weighted by Gasteiger charge is -2.35. The van der Waals surface area contributed by atoms with Gasteiger partial charge in [-0.2, -0.15) is 0 Å². The summed E-state index contributed by atoms with van der Waals surface area (Å²) >= 11 is 0. The quantitative estimate of drug-likeness (QED) is 0.655. The molecule has 64 valence electrons. The van der Waals surface area contributed by atoms with Gasteiger partial charge >= 0.3 is 0 Å². The van der Waals surface area contributed by atoms with E-state index in [1.807, 2.05) is 0 Å². The smallest absolute Gasteiger partial charge is 0.0221 e. The SMILES string of the molecule is CCC(C)N[C@]12C[C@H](C)[C@@H]1C2. The van der Waals surface area contributed by atoms with Gasteiger partial charge in [0, 0.05) is 11.6 Å². The summed E-state index contributed by atoms with van der Waals surface area (Å²) in [6.07, 6.45) is 4.16. The summed E-state index contributed by atoms with van der Waals surface area (Å²) in [6.45, 7) is 6.94. The van der Waals surface area contributed by atoms with Gasteiger partial charge in [-0.15, -0.1) is 0 Å². The zero-order valence-corrected chi connectivity index (χ0v) is 7.85. The molecule has 0 saturated heterocycles. The van der Waals surface area contributed by atoms with E-state index in [4.69, 9.17) is 0 Å². The molecule has 0 spiro atoms. The van der Waals surface area contributed by atoms with Crippen LogP contribution in [0.2, 0.25) is 0 Å². The Morgan fingerprint density at radius 3 is 2.64 bits per heavy atom. The Balaban J connectivity index is 1.82. The summed E-state index contributed by atoms with van der Waals surface area (Å²) < 4.78 is 0. The summed E-state index contributed by atoms with van der Waals surface area (Å²) in [4.78, 5) is 0. The lowest BCUT2D eigenvalue weighted by atomic mass is 9.81. The van der Waals surface area contributed by atoms with E-state index in [1.165, 1.54) is 19.3 Å². The Kier molecular flexibility index (Phi) is 1.54. The molecule has 0 bridgehead atoms. The zero-order valence-electron chi connectivity index (χ0n) is 7.85. The van der Waals surface area contributed by atoms with E-state index in [-0.39, 0.29) is 0 Å². The van der Waals surface area contributed by atoms with Crippen molar-refractivity contribution in [2.24, 2.45) is 11.8 Å². The van der Waals surface area contributed by atoms with Crippen LogP contribution in [0.4, 0.5) is 0 Å². The summed E-state index contributed by atoms with van der Waals surface area (Å²) in [5, 5.41) is 3.75. The molecule has 2 aliphatic carbocycles. The molecule has 1 unspecified atom stereocenters. The molecule has 11 heavy (non-hydrogen) atoms. The summed E-state index contributed by atoms with van der Waals surface area (Å²) in [5.74, 6) is 2.04. The second-order valence-electron chi connectivity index (χ2n) is 4.60. The van der Waals surface area contributed by atoms with Gasteiger partial charge in [0.25, 0.3) is 0 Å². The van der Waals surface area contributed by atoms with Crippen LogP contribution in [0.3, 0.4) is 0 Å². The molecular weight excluding hydrogens is 134 g/mol. The third-order valence-electron chi connectivity index (χ3n) is 3.65. The topological polar surface area (TPSA) is 12.0 Å². The van der Waals surface area contributed by atoms with Crippen molar-refractivity contribution in [1.29, 1.82) is 0 Å². The molecule has 0 aromatic carbocycles. The van der Waals surface area contributed by atoms with E-state index < -0.39 is 0 Å². The van der Waals surface area contributed by atoms with E-state index >= 15 is 0 Å². The highest BCUT2D eigenvalue weighted by Gasteiger charge is 2.65. The van der Waals surface area contributed by atoms with E-state index in [0.29, 0.717) is 5.54 Å². The minimum atomic E-state index is 0.634. The normalized spacial score (nSPS) is 49.4. The molecule has 2 saturated carbocycles. The second kappa shape index (κ2) is 2.22. The molecule has 2 fully saturated rings. The maximum atomic E-state index is 3.75. The Morgan fingerprint density at radius 1 is 1.55 bits per heavy atom. The van der Waals surface area contributed by atoms with Gasteiger partial charge in [0.15, 0.2) is 0 Å². The van der Waals surface area contributed by atoms with Gasteiger partial charge in [-0.3, -0.25) is 0 Å². The van der Waals surface area contributed by atoms with E-state index in [0.717, 1.165) is 17.9 Å². The standard InChI is InChI=1S/C10H19N/c1-4-8(3)11-10-5-7(2)9(10)6-10/h7-9,11H,4-6H2,1-3H3/t7-,8?,9-,10-/m0/s1. The van der Waals surface area contributed by atoms with Gasteiger partial charge < -0.3 is 5.32 Å². The Bertz CT molecular complexity index is 166. The average Bonchev–Trinajstić information content (AvgIpc) is 2.56. The largest absolute Gasteiger partial charge is 0.308 e. The molecular formula is C10H19N. The van der Waals surface area contributed by atoms with Gasteiger partial charge in [0.2, 0.25) is 0 Å². The fourth-order valence-corrected chi connectivity index (χ4v) is 2.69. The van der Waals surface area contributed by atoms with Crippen molar-refractivity contribution in [2.45, 2.75) is 51.6 Å². The molecule has 1 heteroatoms. The molecule has 0 aliphatic heterocycles. The number of fused-ring (bicyclic) bond motifs is 1. The van der Waals surface area contributed by atoms with Crippen LogP contribution in [-0.4, -0.2) is 11.6 Å². The monoisotopic (exact) mass is 153 g/mol. The molecule has 4 atom stereocenters. The molecule has 0 amide bonds. The van der Waals surface area contributed by atoms with Gasteiger partial charge in [-0.1, -0.05) is 13.8 Å². The first-order chi connectivity index (χ1) is 5.18. The highest BCUT2D eigenvalue weighted by molar-refractivity contribution is 5.21. The number of hydrogen-bond acceptors (Lipinski definition) is 1. The van der Waals surface area contributed by atoms with Crippen molar-refractivity contribution < 1.29 is 0 Å². The fourth-order valence-electron chi connectivity index (χ4n) is 2.69. The van der Waals surface area contributed by atoms with E-state index in [1.54, 1.807) is 0 Å². The number of rotatable bonds is 3. The van der Waals surface area contributed by atoms with Crippen LogP contribution in [0.25, 0.3) is 0 Å². The second-order valence-corrected chi connectivity index (χ2v) is 4.60. The van der Waals surface area contributed by atoms with Crippen molar-refractivity contribution in [2.75, 3.05) is 0 Å². The Morgan fingerprint density at radius 2 is 2.27 bits per heavy atom. The maximum Gasteiger partial charge on any atom is 0.0221 e. The van der Waals surface area contributed by atoms with E-state index in [2.05, 4.69) is 26.1 Å². The summed E-state index contributed by atoms with van der Waals surface area (Å²) in [7, 11) is 0. The van der Waals surface area contributed by atoms with Crippen molar-refractivity contribution >= 4 is 0 Å². The highest BCUT2D eigenvalue weighted by atomic mass is 15.1. The fraction of sp³-hybridized carbons (Fsp3) is 1.00. The molecule has 2 aliphatic rings. The summed E-state index contributed by atoms with van der Waals surface area (Å²) in [6, 6.07) is 0.729. The Labute approximate surface area is 69.6 Å². The molecule has 0 aromatic rings. The lowest BCUT2D eigenvalue weighted by Crippen LogP contribution is -2.47. The summed E-state index contributed by atoms with van der Waals surface area (Å²) in [5.41, 5.74) is 0.634. The van der Waals surface area contributed by atoms with Crippen molar-refractivity contribution in [3.05, 3.63) is 0 Å². The molecule has 2 rings (SSSR count). The lowest BCUT2D eigenvalue weighted by molar-refractivity contribution is 0.211. The third kappa shape index (κ3) is 1.01. The van der Waals surface area contributed by atoms with Crippen molar-refractivity contribution in [1.82, 2.24) is 5.32 Å². The van der Waals surface area contributed by atoms with Crippen LogP contribution in [-0.2, 0) is 0 Å². The molecule has 0 heterocycles. The van der Waals surface area contributed by atoms with Gasteiger partial charge in [0.1, 0.15) is 0 Å². The van der Waals surface area contributed by atoms with Crippen LogP contribution in [0.1, 0.15) is 40.0 Å². The molecule has 0 aromatic heterocycles. The van der Waals surface area contributed by atoms with Crippen molar-refractivity contribution in [3.8, 4) is 0 Å². The Hall–Kier alpha value is -0.0400. The predicted molar refractivity (Wildman–Crippen MR) is 47.5 cm³/mol. The first kappa shape index (κ1) is 7.60. The van der Waals surface area contributed by atoms with Crippen LogP contribution in [0.15, 0.2) is 0 Å². The van der Waals surface area contributed by atoms with Crippen LogP contribution < -0.4 is 5.32 Å². The minimum absolute atomic E-state index is 0.634. The van der Waals surface area contributed by atoms with E-state index in [9.17, 15) is 0 Å². The van der Waals surface area contributed by atoms with Gasteiger partial charge in [0.05, 0.1) is 0 Å². The van der Waals surface area contributed by atoms with Gasteiger partial charge in [-0.25, -0.2) is 0 Å². The molecule has 1 N–H and O–H groups in total.